The highest BCUT2D eigenvalue weighted by Gasteiger charge is 2.39. The molecule has 0 aliphatic rings. The van der Waals surface area contributed by atoms with E-state index in [-0.39, 0.29) is 5.69 Å². The minimum atomic E-state index is -1.94. The molecule has 0 radical (unpaired) electrons. The van der Waals surface area contributed by atoms with Crippen molar-refractivity contribution in [1.82, 2.24) is 5.43 Å². The molecule has 1 amide bonds. The lowest BCUT2D eigenvalue weighted by Gasteiger charge is -2.26. The Labute approximate surface area is 195 Å². The summed E-state index contributed by atoms with van der Waals surface area (Å²) in [4.78, 5) is 23.5. The molecule has 0 aliphatic heterocycles. The van der Waals surface area contributed by atoms with Gasteiger partial charge < -0.3 is 9.52 Å². The van der Waals surface area contributed by atoms with Gasteiger partial charge in [0, 0.05) is 17.7 Å². The van der Waals surface area contributed by atoms with Gasteiger partial charge in [0.25, 0.3) is 11.6 Å². The number of nitro groups is 1. The molecule has 4 rings (SSSR count). The molecule has 0 spiro atoms. The molecule has 0 atom stereocenters. The molecule has 4 aromatic rings. The van der Waals surface area contributed by atoms with Crippen molar-refractivity contribution in [2.24, 2.45) is 5.10 Å². The first-order valence-corrected chi connectivity index (χ1v) is 10.4. The van der Waals surface area contributed by atoms with Gasteiger partial charge in [-0.3, -0.25) is 14.9 Å². The van der Waals surface area contributed by atoms with Gasteiger partial charge in [-0.2, -0.15) is 5.10 Å². The molecule has 8 heteroatoms. The van der Waals surface area contributed by atoms with E-state index in [9.17, 15) is 20.0 Å². The minimum absolute atomic E-state index is 0.00150. The fourth-order valence-electron chi connectivity index (χ4n) is 3.63. The summed E-state index contributed by atoms with van der Waals surface area (Å²) in [5, 5.41) is 26.3. The predicted molar refractivity (Wildman–Crippen MR) is 127 cm³/mol. The van der Waals surface area contributed by atoms with E-state index in [0.717, 1.165) is 0 Å². The quantitative estimate of drug-likeness (QED) is 0.241. The van der Waals surface area contributed by atoms with Crippen LogP contribution in [0, 0.1) is 17.0 Å². The molecule has 170 valence electrons. The highest BCUT2D eigenvalue weighted by atomic mass is 16.6. The second-order valence-electron chi connectivity index (χ2n) is 7.60. The molecule has 1 aromatic heterocycles. The summed E-state index contributed by atoms with van der Waals surface area (Å²) in [7, 11) is 0. The van der Waals surface area contributed by atoms with Crippen molar-refractivity contribution in [1.29, 1.82) is 0 Å². The Morgan fingerprint density at radius 1 is 1.00 bits per heavy atom. The van der Waals surface area contributed by atoms with E-state index >= 15 is 0 Å². The van der Waals surface area contributed by atoms with Crippen molar-refractivity contribution in [3.63, 3.8) is 0 Å². The van der Waals surface area contributed by atoms with E-state index in [1.807, 2.05) is 0 Å². The average Bonchev–Trinajstić information content (AvgIpc) is 3.33. The Morgan fingerprint density at radius 3 is 2.18 bits per heavy atom. The van der Waals surface area contributed by atoms with Crippen LogP contribution in [0.25, 0.3) is 11.3 Å². The topological polar surface area (TPSA) is 118 Å². The van der Waals surface area contributed by atoms with Crippen LogP contribution in [0.1, 0.15) is 22.5 Å². The fraction of sp³-hybridized carbons (Fsp3) is 0.0769. The van der Waals surface area contributed by atoms with E-state index in [0.29, 0.717) is 33.8 Å². The number of nitro benzene ring substituents is 1. The third kappa shape index (κ3) is 4.48. The van der Waals surface area contributed by atoms with Gasteiger partial charge in [0.1, 0.15) is 11.5 Å². The first-order chi connectivity index (χ1) is 16.4. The van der Waals surface area contributed by atoms with Crippen LogP contribution in [0.5, 0.6) is 0 Å². The van der Waals surface area contributed by atoms with Crippen molar-refractivity contribution in [3.8, 4) is 11.3 Å². The van der Waals surface area contributed by atoms with Gasteiger partial charge in [0.15, 0.2) is 5.60 Å². The number of benzene rings is 3. The Bertz CT molecular complexity index is 1310. The van der Waals surface area contributed by atoms with Crippen molar-refractivity contribution < 1.29 is 19.2 Å². The van der Waals surface area contributed by atoms with Gasteiger partial charge in [0.05, 0.1) is 11.1 Å². The molecule has 34 heavy (non-hydrogen) atoms. The molecular formula is C26H21N3O5. The van der Waals surface area contributed by atoms with Gasteiger partial charge in [-0.15, -0.1) is 0 Å². The number of amides is 1. The summed E-state index contributed by atoms with van der Waals surface area (Å²) >= 11 is 0. The largest absolute Gasteiger partial charge is 0.455 e. The first kappa shape index (κ1) is 22.6. The zero-order valence-corrected chi connectivity index (χ0v) is 18.2. The molecule has 0 saturated heterocycles. The number of non-ortho nitro benzene ring substituents is 1. The molecule has 0 fully saturated rings. The van der Waals surface area contributed by atoms with Gasteiger partial charge in [-0.1, -0.05) is 60.7 Å². The van der Waals surface area contributed by atoms with Crippen LogP contribution in [0.4, 0.5) is 5.69 Å². The summed E-state index contributed by atoms with van der Waals surface area (Å²) in [6.45, 7) is 1.76. The van der Waals surface area contributed by atoms with Gasteiger partial charge in [0.2, 0.25) is 0 Å². The number of aliphatic hydroxyl groups is 1. The lowest BCUT2D eigenvalue weighted by Crippen LogP contribution is -2.43. The van der Waals surface area contributed by atoms with E-state index < -0.39 is 16.4 Å². The van der Waals surface area contributed by atoms with Crippen molar-refractivity contribution in [2.45, 2.75) is 12.5 Å². The number of furan rings is 1. The standard InChI is InChI=1S/C26H21N3O5/c1-18-16-21(29(32)33)12-14-23(18)24-15-13-22(34-24)17-27-28-25(30)26(31,19-8-4-2-5-9-19)20-10-6-3-7-11-20/h2-17,31H,1H3,(H,28,30)/b27-17+. The van der Waals surface area contributed by atoms with E-state index in [4.69, 9.17) is 4.42 Å². The molecule has 0 saturated carbocycles. The summed E-state index contributed by atoms with van der Waals surface area (Å²) < 4.78 is 5.75. The SMILES string of the molecule is Cc1cc([N+](=O)[O-])ccc1-c1ccc(/C=N/NC(=O)C(O)(c2ccccc2)c2ccccc2)o1. The van der Waals surface area contributed by atoms with E-state index in [1.54, 1.807) is 85.8 Å². The number of hydrazone groups is 1. The number of carbonyl (C=O) groups excluding carboxylic acids is 1. The third-order valence-electron chi connectivity index (χ3n) is 5.38. The zero-order valence-electron chi connectivity index (χ0n) is 18.2. The smallest absolute Gasteiger partial charge is 0.281 e. The number of rotatable bonds is 7. The zero-order chi connectivity index (χ0) is 24.1. The number of nitrogens with zero attached hydrogens (tertiary/aromatic N) is 2. The molecule has 2 N–H and O–H groups in total. The molecule has 3 aromatic carbocycles. The first-order valence-electron chi connectivity index (χ1n) is 10.4. The summed E-state index contributed by atoms with van der Waals surface area (Å²) in [6, 6.07) is 25.1. The highest BCUT2D eigenvalue weighted by molar-refractivity contribution is 5.91. The van der Waals surface area contributed by atoms with Crippen LogP contribution in [-0.2, 0) is 10.4 Å². The van der Waals surface area contributed by atoms with Crippen LogP contribution in [0.15, 0.2) is 101 Å². The van der Waals surface area contributed by atoms with Crippen LogP contribution in [-0.4, -0.2) is 22.2 Å². The van der Waals surface area contributed by atoms with Crippen LogP contribution in [0.3, 0.4) is 0 Å². The van der Waals surface area contributed by atoms with Crippen LogP contribution >= 0.6 is 0 Å². The van der Waals surface area contributed by atoms with Gasteiger partial charge in [-0.25, -0.2) is 5.43 Å². The fourth-order valence-corrected chi connectivity index (χ4v) is 3.63. The van der Waals surface area contributed by atoms with E-state index in [1.165, 1.54) is 18.3 Å². The predicted octanol–water partition coefficient (Wildman–Crippen LogP) is 4.55. The number of carbonyl (C=O) groups is 1. The van der Waals surface area contributed by atoms with Crippen molar-refractivity contribution in [3.05, 3.63) is 124 Å². The maximum absolute atomic E-state index is 13.1. The Morgan fingerprint density at radius 2 is 1.62 bits per heavy atom. The molecular weight excluding hydrogens is 434 g/mol. The van der Waals surface area contributed by atoms with Crippen LogP contribution < -0.4 is 5.43 Å². The normalized spacial score (nSPS) is 11.5. The minimum Gasteiger partial charge on any atom is -0.455 e. The molecule has 8 nitrogen and oxygen atoms in total. The lowest BCUT2D eigenvalue weighted by molar-refractivity contribution is -0.384. The van der Waals surface area contributed by atoms with Crippen molar-refractivity contribution >= 4 is 17.8 Å². The second-order valence-corrected chi connectivity index (χ2v) is 7.60. The maximum atomic E-state index is 13.1. The number of aryl methyl sites for hydroxylation is 1. The monoisotopic (exact) mass is 455 g/mol. The summed E-state index contributed by atoms with van der Waals surface area (Å²) in [5.41, 5.74) is 2.66. The Hall–Kier alpha value is -4.56. The van der Waals surface area contributed by atoms with Crippen LogP contribution in [0.2, 0.25) is 0 Å². The summed E-state index contributed by atoms with van der Waals surface area (Å²) in [6.07, 6.45) is 1.32. The Kier molecular flexibility index (Phi) is 6.33. The van der Waals surface area contributed by atoms with Gasteiger partial charge >= 0.3 is 0 Å². The molecule has 0 unspecified atom stereocenters. The van der Waals surface area contributed by atoms with E-state index in [2.05, 4.69) is 10.5 Å². The second kappa shape index (κ2) is 9.51. The average molecular weight is 455 g/mol. The molecule has 0 aliphatic carbocycles. The lowest BCUT2D eigenvalue weighted by atomic mass is 9.85. The maximum Gasteiger partial charge on any atom is 0.281 e. The number of hydrogen-bond donors (Lipinski definition) is 2. The molecule has 1 heterocycles. The van der Waals surface area contributed by atoms with Crippen molar-refractivity contribution in [2.75, 3.05) is 0 Å². The number of nitrogens with one attached hydrogen (secondary N) is 1. The van der Waals surface area contributed by atoms with Gasteiger partial charge in [-0.05, 0) is 41.8 Å². The summed E-state index contributed by atoms with van der Waals surface area (Å²) in [5.74, 6) is 0.139. The Balaban J connectivity index is 1.54. The molecule has 0 bridgehead atoms. The number of hydrogen-bond acceptors (Lipinski definition) is 6. The third-order valence-corrected chi connectivity index (χ3v) is 5.38. The highest BCUT2D eigenvalue weighted by Crippen LogP contribution is 2.30.